The number of hydrogen-bond donors (Lipinski definition) is 1. The highest BCUT2D eigenvalue weighted by molar-refractivity contribution is 7.98. The van der Waals surface area contributed by atoms with E-state index in [9.17, 15) is 0 Å². The van der Waals surface area contributed by atoms with Gasteiger partial charge in [0, 0.05) is 0 Å². The summed E-state index contributed by atoms with van der Waals surface area (Å²) in [4.78, 5) is 0. The van der Waals surface area contributed by atoms with Crippen molar-refractivity contribution in [1.29, 1.82) is 0 Å². The van der Waals surface area contributed by atoms with E-state index in [1.807, 2.05) is 11.8 Å². The molecule has 1 aliphatic rings. The third-order valence-corrected chi connectivity index (χ3v) is 4.35. The van der Waals surface area contributed by atoms with Crippen molar-refractivity contribution in [2.24, 2.45) is 11.1 Å². The van der Waals surface area contributed by atoms with Gasteiger partial charge in [-0.15, -0.1) is 0 Å². The second-order valence-electron chi connectivity index (χ2n) is 4.71. The summed E-state index contributed by atoms with van der Waals surface area (Å²) in [5.74, 6) is 1.31. The highest BCUT2D eigenvalue weighted by atomic mass is 32.2. The minimum atomic E-state index is 0.520. The third kappa shape index (κ3) is 3.82. The van der Waals surface area contributed by atoms with Crippen molar-refractivity contribution in [3.8, 4) is 0 Å². The van der Waals surface area contributed by atoms with Gasteiger partial charge in [0.25, 0.3) is 0 Å². The first kappa shape index (κ1) is 12.4. The molecule has 0 spiro atoms. The van der Waals surface area contributed by atoms with E-state index in [2.05, 4.69) is 6.26 Å². The molecular formula is C12H25NS. The van der Waals surface area contributed by atoms with Gasteiger partial charge in [0.05, 0.1) is 0 Å². The second kappa shape index (κ2) is 6.73. The molecule has 0 aromatic rings. The van der Waals surface area contributed by atoms with E-state index in [1.54, 1.807) is 0 Å². The summed E-state index contributed by atoms with van der Waals surface area (Å²) in [5, 5.41) is 0. The van der Waals surface area contributed by atoms with E-state index in [4.69, 9.17) is 5.73 Å². The van der Waals surface area contributed by atoms with Crippen molar-refractivity contribution in [2.45, 2.75) is 51.4 Å². The Kier molecular flexibility index (Phi) is 5.95. The van der Waals surface area contributed by atoms with Crippen LogP contribution in [0.1, 0.15) is 51.4 Å². The largest absolute Gasteiger partial charge is 0.330 e. The number of rotatable bonds is 5. The molecule has 0 heterocycles. The van der Waals surface area contributed by atoms with Gasteiger partial charge in [-0.25, -0.2) is 0 Å². The molecule has 1 nitrogen and oxygen atoms in total. The Morgan fingerprint density at radius 1 is 1.14 bits per heavy atom. The average Bonchev–Trinajstić information content (AvgIpc) is 2.45. The molecule has 1 saturated carbocycles. The van der Waals surface area contributed by atoms with Gasteiger partial charge in [0.2, 0.25) is 0 Å². The molecule has 0 amide bonds. The van der Waals surface area contributed by atoms with Crippen molar-refractivity contribution in [3.63, 3.8) is 0 Å². The smallest absolute Gasteiger partial charge is 0.00205 e. The first-order valence-corrected chi connectivity index (χ1v) is 7.41. The van der Waals surface area contributed by atoms with E-state index in [0.29, 0.717) is 5.41 Å². The minimum Gasteiger partial charge on any atom is -0.330 e. The number of hydrogen-bond acceptors (Lipinski definition) is 2. The Morgan fingerprint density at radius 2 is 1.79 bits per heavy atom. The van der Waals surface area contributed by atoms with Gasteiger partial charge >= 0.3 is 0 Å². The monoisotopic (exact) mass is 215 g/mol. The molecular weight excluding hydrogens is 190 g/mol. The molecule has 84 valence electrons. The normalized spacial score (nSPS) is 21.9. The minimum absolute atomic E-state index is 0.520. The Bertz CT molecular complexity index is 139. The zero-order valence-corrected chi connectivity index (χ0v) is 10.4. The number of thioether (sulfide) groups is 1. The number of nitrogens with two attached hydrogens (primary N) is 1. The van der Waals surface area contributed by atoms with Crippen molar-refractivity contribution in [1.82, 2.24) is 0 Å². The molecule has 0 atom stereocenters. The lowest BCUT2D eigenvalue weighted by Gasteiger charge is -2.31. The molecule has 0 bridgehead atoms. The van der Waals surface area contributed by atoms with Crippen LogP contribution in [-0.2, 0) is 0 Å². The Morgan fingerprint density at radius 3 is 2.29 bits per heavy atom. The van der Waals surface area contributed by atoms with Crippen LogP contribution in [0.3, 0.4) is 0 Å². The molecule has 0 radical (unpaired) electrons. The second-order valence-corrected chi connectivity index (χ2v) is 5.70. The molecule has 0 saturated heterocycles. The highest BCUT2D eigenvalue weighted by Gasteiger charge is 2.28. The fourth-order valence-electron chi connectivity index (χ4n) is 2.63. The third-order valence-electron chi connectivity index (χ3n) is 3.65. The predicted molar refractivity (Wildman–Crippen MR) is 66.8 cm³/mol. The van der Waals surface area contributed by atoms with Gasteiger partial charge in [-0.05, 0) is 49.7 Å². The van der Waals surface area contributed by atoms with Gasteiger partial charge < -0.3 is 5.73 Å². The summed E-state index contributed by atoms with van der Waals surface area (Å²) in [6, 6.07) is 0. The van der Waals surface area contributed by atoms with Crippen LogP contribution in [0.15, 0.2) is 0 Å². The van der Waals surface area contributed by atoms with Crippen LogP contribution in [0.2, 0.25) is 0 Å². The molecule has 14 heavy (non-hydrogen) atoms. The van der Waals surface area contributed by atoms with Crippen molar-refractivity contribution in [3.05, 3.63) is 0 Å². The summed E-state index contributed by atoms with van der Waals surface area (Å²) < 4.78 is 0. The van der Waals surface area contributed by atoms with Crippen LogP contribution in [0.25, 0.3) is 0 Å². The fraction of sp³-hybridized carbons (Fsp3) is 1.00. The van der Waals surface area contributed by atoms with Crippen LogP contribution in [-0.4, -0.2) is 18.6 Å². The lowest BCUT2D eigenvalue weighted by atomic mass is 9.77. The SMILES string of the molecule is CSCCCC1(CN)CCCCCC1. The topological polar surface area (TPSA) is 26.0 Å². The average molecular weight is 215 g/mol. The quantitative estimate of drug-likeness (QED) is 0.562. The van der Waals surface area contributed by atoms with E-state index < -0.39 is 0 Å². The zero-order chi connectivity index (χ0) is 10.3. The summed E-state index contributed by atoms with van der Waals surface area (Å²) in [6.07, 6.45) is 13.4. The Labute approximate surface area is 93.2 Å². The van der Waals surface area contributed by atoms with E-state index >= 15 is 0 Å². The van der Waals surface area contributed by atoms with Crippen LogP contribution < -0.4 is 5.73 Å². The molecule has 0 aliphatic heterocycles. The zero-order valence-electron chi connectivity index (χ0n) is 9.56. The standard InChI is InChI=1S/C12H25NS/c1-14-10-6-9-12(11-13)7-4-2-3-5-8-12/h2-11,13H2,1H3. The fourth-order valence-corrected chi connectivity index (χ4v) is 3.06. The van der Waals surface area contributed by atoms with E-state index in [1.165, 1.54) is 57.1 Å². The maximum absolute atomic E-state index is 5.98. The van der Waals surface area contributed by atoms with E-state index in [-0.39, 0.29) is 0 Å². The van der Waals surface area contributed by atoms with Crippen molar-refractivity contribution < 1.29 is 0 Å². The molecule has 0 aromatic heterocycles. The first-order chi connectivity index (χ1) is 6.83. The molecule has 1 fully saturated rings. The molecule has 2 heteroatoms. The maximum Gasteiger partial charge on any atom is -0.00205 e. The molecule has 1 rings (SSSR count). The van der Waals surface area contributed by atoms with Gasteiger partial charge in [-0.1, -0.05) is 25.7 Å². The lowest BCUT2D eigenvalue weighted by molar-refractivity contribution is 0.231. The molecule has 0 unspecified atom stereocenters. The molecule has 2 N–H and O–H groups in total. The molecule has 1 aliphatic carbocycles. The Balaban J connectivity index is 2.37. The maximum atomic E-state index is 5.98. The van der Waals surface area contributed by atoms with Crippen LogP contribution >= 0.6 is 11.8 Å². The summed E-state index contributed by atoms with van der Waals surface area (Å²) >= 11 is 1.96. The van der Waals surface area contributed by atoms with Crippen LogP contribution in [0, 0.1) is 5.41 Å². The Hall–Kier alpha value is 0.310. The molecule has 0 aromatic carbocycles. The van der Waals surface area contributed by atoms with Gasteiger partial charge in [0.1, 0.15) is 0 Å². The van der Waals surface area contributed by atoms with E-state index in [0.717, 1.165) is 6.54 Å². The predicted octanol–water partition coefficient (Wildman–Crippen LogP) is 3.43. The van der Waals surface area contributed by atoms with Crippen LogP contribution in [0.5, 0.6) is 0 Å². The van der Waals surface area contributed by atoms with Gasteiger partial charge in [-0.3, -0.25) is 0 Å². The van der Waals surface area contributed by atoms with Gasteiger partial charge in [-0.2, -0.15) is 11.8 Å². The van der Waals surface area contributed by atoms with Crippen LogP contribution in [0.4, 0.5) is 0 Å². The van der Waals surface area contributed by atoms with Gasteiger partial charge in [0.15, 0.2) is 0 Å². The summed E-state index contributed by atoms with van der Waals surface area (Å²) in [7, 11) is 0. The lowest BCUT2D eigenvalue weighted by Crippen LogP contribution is -2.30. The summed E-state index contributed by atoms with van der Waals surface area (Å²) in [5.41, 5.74) is 6.50. The summed E-state index contributed by atoms with van der Waals surface area (Å²) in [6.45, 7) is 0.918. The highest BCUT2D eigenvalue weighted by Crippen LogP contribution is 2.38. The van der Waals surface area contributed by atoms with Crippen molar-refractivity contribution >= 4 is 11.8 Å². The van der Waals surface area contributed by atoms with Crippen molar-refractivity contribution in [2.75, 3.05) is 18.6 Å². The first-order valence-electron chi connectivity index (χ1n) is 6.02.